The van der Waals surface area contributed by atoms with Crippen LogP contribution in [0.1, 0.15) is 0 Å². The molecule has 0 fully saturated rings. The summed E-state index contributed by atoms with van der Waals surface area (Å²) in [6, 6.07) is 0. The van der Waals surface area contributed by atoms with Crippen molar-refractivity contribution in [3.05, 3.63) is 20.2 Å². The molecule has 0 radical (unpaired) electrons. The van der Waals surface area contributed by atoms with Crippen molar-refractivity contribution >= 4 is 11.9 Å². The number of aliphatic carboxylic acids is 2. The van der Waals surface area contributed by atoms with Gasteiger partial charge < -0.3 is 30.4 Å². The van der Waals surface area contributed by atoms with Gasteiger partial charge >= 0.3 is 11.9 Å². The molecule has 0 aliphatic rings. The van der Waals surface area contributed by atoms with Crippen LogP contribution in [0.5, 0.6) is 0 Å². The molecule has 0 aliphatic carbocycles. The Bertz CT molecular complexity index is 140. The summed E-state index contributed by atoms with van der Waals surface area (Å²) in [5.74, 6) is -3.65. The second kappa shape index (κ2) is 22.4. The molecule has 11 heteroatoms. The third-order valence-electron chi connectivity index (χ3n) is 0.183. The first kappa shape index (κ1) is 22.5. The number of hydrogen-bond acceptors (Lipinski definition) is 8. The van der Waals surface area contributed by atoms with Gasteiger partial charge in [0.1, 0.15) is 0 Å². The van der Waals surface area contributed by atoms with Crippen molar-refractivity contribution in [3.63, 3.8) is 0 Å². The minimum atomic E-state index is -1.82. The Labute approximate surface area is 83.7 Å². The second-order valence-corrected chi connectivity index (χ2v) is 0.759. The first-order chi connectivity index (χ1) is 5.47. The molecule has 0 saturated heterocycles. The van der Waals surface area contributed by atoms with Crippen LogP contribution < -0.4 is 0 Å². The fourth-order valence-electron chi connectivity index (χ4n) is 0. The molecule has 2 N–H and O–H groups in total. The van der Waals surface area contributed by atoms with Gasteiger partial charge in [0.05, 0.1) is 0 Å². The van der Waals surface area contributed by atoms with Gasteiger partial charge in [0, 0.05) is 20.4 Å². The molecule has 0 saturated carbocycles. The summed E-state index contributed by atoms with van der Waals surface area (Å²) in [6.45, 7) is 0. The Hall–Kier alpha value is -1.60. The minimum Gasteiger partial charge on any atom is -0.473 e. The van der Waals surface area contributed by atoms with Gasteiger partial charge in [-0.1, -0.05) is 0 Å². The predicted molar refractivity (Wildman–Crippen MR) is 33.6 cm³/mol. The molecule has 10 nitrogen and oxygen atoms in total. The molecule has 0 aromatic carbocycles. The monoisotopic (exact) mass is 288 g/mol. The fourth-order valence-corrected chi connectivity index (χ4v) is 0. The SMILES string of the molecule is O=C(O)C(=O)O.O=N[O-].O=N[O-].[Pd]. The van der Waals surface area contributed by atoms with Gasteiger partial charge in [-0.3, -0.25) is 0 Å². The van der Waals surface area contributed by atoms with Gasteiger partial charge in [-0.2, -0.15) is 0 Å². The van der Waals surface area contributed by atoms with Crippen LogP contribution >= 0.6 is 0 Å². The van der Waals surface area contributed by atoms with Gasteiger partial charge in [0.2, 0.25) is 0 Å². The molecule has 0 unspecified atom stereocenters. The number of rotatable bonds is 0. The van der Waals surface area contributed by atoms with Gasteiger partial charge in [-0.05, 0) is 0 Å². The largest absolute Gasteiger partial charge is 0.473 e. The summed E-state index contributed by atoms with van der Waals surface area (Å²) in [6.07, 6.45) is 0. The molecule has 0 aliphatic heterocycles. The van der Waals surface area contributed by atoms with E-state index in [9.17, 15) is 0 Å². The number of nitrogens with zero attached hydrogens (tertiary/aromatic N) is 2. The normalized spacial score (nSPS) is 5.23. The number of hydrogen-bond donors (Lipinski definition) is 2. The third-order valence-corrected chi connectivity index (χ3v) is 0.183. The number of carboxylic acid groups (broad SMARTS) is 2. The quantitative estimate of drug-likeness (QED) is 0.262. The summed E-state index contributed by atoms with van der Waals surface area (Å²) in [5, 5.41) is 32.8. The topological polar surface area (TPSA) is 180 Å². The second-order valence-electron chi connectivity index (χ2n) is 0.759. The van der Waals surface area contributed by atoms with Gasteiger partial charge in [-0.25, -0.2) is 9.59 Å². The number of carbonyl (C=O) groups is 2. The standard InChI is InChI=1S/C2H2O4.2HNO2.Pd/c3-1(4)2(5)6;2*2-1-3;/h(H,3,4)(H,5,6);2*(H,2,3);/p-2. The zero-order chi connectivity index (χ0) is 10.6. The predicted octanol–water partition coefficient (Wildman–Crippen LogP) is -0.346. The maximum atomic E-state index is 9.10. The molecule has 0 amide bonds. The maximum Gasteiger partial charge on any atom is 0.414 e. The summed E-state index contributed by atoms with van der Waals surface area (Å²) in [4.78, 5) is 34.2. The van der Waals surface area contributed by atoms with E-state index in [0.717, 1.165) is 10.7 Å². The molecular weight excluding hydrogens is 286 g/mol. The van der Waals surface area contributed by atoms with E-state index < -0.39 is 11.9 Å². The van der Waals surface area contributed by atoms with E-state index in [1.54, 1.807) is 0 Å². The van der Waals surface area contributed by atoms with Crippen LogP contribution in [0.15, 0.2) is 10.7 Å². The van der Waals surface area contributed by atoms with Crippen LogP contribution in [0.3, 0.4) is 0 Å². The van der Waals surface area contributed by atoms with E-state index in [0.29, 0.717) is 0 Å². The van der Waals surface area contributed by atoms with E-state index in [4.69, 9.17) is 40.0 Å². The smallest absolute Gasteiger partial charge is 0.414 e. The Kier molecular flexibility index (Phi) is 38.9. The fraction of sp³-hybridized carbons (Fsp3) is 0. The Morgan fingerprint density at radius 1 is 0.923 bits per heavy atom. The van der Waals surface area contributed by atoms with E-state index in [-0.39, 0.29) is 20.4 Å². The number of carboxylic acids is 2. The van der Waals surface area contributed by atoms with Gasteiger partial charge in [0.15, 0.2) is 0 Å². The van der Waals surface area contributed by atoms with Crippen molar-refractivity contribution in [2.45, 2.75) is 0 Å². The summed E-state index contributed by atoms with van der Waals surface area (Å²) in [5.41, 5.74) is 0. The Morgan fingerprint density at radius 2 is 1.00 bits per heavy atom. The first-order valence-electron chi connectivity index (χ1n) is 1.84. The van der Waals surface area contributed by atoms with Crippen LogP contribution in [-0.4, -0.2) is 22.2 Å². The Morgan fingerprint density at radius 3 is 1.00 bits per heavy atom. The van der Waals surface area contributed by atoms with Crippen LogP contribution in [0.4, 0.5) is 0 Å². The van der Waals surface area contributed by atoms with Crippen LogP contribution in [-0.2, 0) is 30.0 Å². The molecule has 0 rings (SSSR count). The van der Waals surface area contributed by atoms with Gasteiger partial charge in [-0.15, -0.1) is 10.7 Å². The first-order valence-corrected chi connectivity index (χ1v) is 1.84. The maximum absolute atomic E-state index is 9.10. The Balaban J connectivity index is -0.0000000501. The van der Waals surface area contributed by atoms with E-state index in [1.165, 1.54) is 0 Å². The summed E-state index contributed by atoms with van der Waals surface area (Å²) >= 11 is 0. The average molecular weight is 288 g/mol. The molecule has 0 aromatic rings. The van der Waals surface area contributed by atoms with Gasteiger partial charge in [0.25, 0.3) is 0 Å². The van der Waals surface area contributed by atoms with Crippen molar-refractivity contribution < 1.29 is 40.2 Å². The summed E-state index contributed by atoms with van der Waals surface area (Å²) in [7, 11) is 0. The zero-order valence-corrected chi connectivity index (χ0v) is 7.11. The van der Waals surface area contributed by atoms with Crippen molar-refractivity contribution in [2.24, 2.45) is 10.7 Å². The molecular formula is C2H2N2O8Pd-2. The van der Waals surface area contributed by atoms with Crippen LogP contribution in [0.2, 0.25) is 0 Å². The average Bonchev–Trinajstić information content (AvgIpc) is 1.90. The molecule has 0 aromatic heterocycles. The van der Waals surface area contributed by atoms with Crippen LogP contribution in [0, 0.1) is 20.2 Å². The molecule has 0 bridgehead atoms. The third kappa shape index (κ3) is 127. The van der Waals surface area contributed by atoms with Crippen molar-refractivity contribution in [3.8, 4) is 0 Å². The summed E-state index contributed by atoms with van der Waals surface area (Å²) < 4.78 is 0. The zero-order valence-electron chi connectivity index (χ0n) is 5.55. The van der Waals surface area contributed by atoms with Crippen LogP contribution in [0.25, 0.3) is 0 Å². The molecule has 13 heavy (non-hydrogen) atoms. The van der Waals surface area contributed by atoms with Crippen molar-refractivity contribution in [1.29, 1.82) is 0 Å². The molecule has 0 spiro atoms. The van der Waals surface area contributed by atoms with E-state index in [2.05, 4.69) is 0 Å². The minimum absolute atomic E-state index is 0. The van der Waals surface area contributed by atoms with E-state index >= 15 is 0 Å². The molecule has 80 valence electrons. The molecule has 0 heterocycles. The molecule has 0 atom stereocenters. The van der Waals surface area contributed by atoms with Crippen molar-refractivity contribution in [2.75, 3.05) is 0 Å². The van der Waals surface area contributed by atoms with Crippen molar-refractivity contribution in [1.82, 2.24) is 0 Å². The van der Waals surface area contributed by atoms with E-state index in [1.807, 2.05) is 0 Å².